The first-order valence-corrected chi connectivity index (χ1v) is 11.7. The number of nitrogens with one attached hydrogen (secondary N) is 1. The van der Waals surface area contributed by atoms with E-state index in [1.165, 1.54) is 11.3 Å². The van der Waals surface area contributed by atoms with Gasteiger partial charge in [-0.25, -0.2) is 4.98 Å². The molecule has 31 heavy (non-hydrogen) atoms. The zero-order valence-electron chi connectivity index (χ0n) is 19.0. The minimum atomic E-state index is -0.885. The number of aromatic nitrogens is 2. The molecule has 1 aliphatic rings. The molecule has 0 spiro atoms. The fourth-order valence-corrected chi connectivity index (χ4v) is 4.73. The normalized spacial score (nSPS) is 19.3. The molecule has 1 N–H and O–H groups in total. The van der Waals surface area contributed by atoms with Crippen LogP contribution >= 0.6 is 11.3 Å². The third kappa shape index (κ3) is 5.49. The molecule has 2 atom stereocenters. The van der Waals surface area contributed by atoms with E-state index in [0.717, 1.165) is 34.8 Å². The van der Waals surface area contributed by atoms with Crippen molar-refractivity contribution in [3.05, 3.63) is 34.4 Å². The number of aryl methyl sites for hydroxylation is 1. The Hall–Kier alpha value is -2.32. The minimum absolute atomic E-state index is 0.0343. The quantitative estimate of drug-likeness (QED) is 0.706. The summed E-state index contributed by atoms with van der Waals surface area (Å²) in [5.74, 6) is -0.334. The van der Waals surface area contributed by atoms with E-state index < -0.39 is 5.60 Å². The van der Waals surface area contributed by atoms with Crippen molar-refractivity contribution in [3.63, 3.8) is 0 Å². The number of ether oxygens (including phenoxy) is 1. The van der Waals surface area contributed by atoms with Gasteiger partial charge in [-0.15, -0.1) is 11.3 Å². The van der Waals surface area contributed by atoms with E-state index in [1.807, 2.05) is 44.5 Å². The number of hydrogen-bond acceptors (Lipinski definition) is 6. The molecule has 3 rings (SSSR count). The molecule has 0 radical (unpaired) electrons. The number of likely N-dealkylation sites (tertiary alicyclic amines) is 1. The number of piperidine rings is 1. The Morgan fingerprint density at radius 1 is 1.35 bits per heavy atom. The fourth-order valence-electron chi connectivity index (χ4n) is 3.99. The van der Waals surface area contributed by atoms with Crippen LogP contribution in [0.25, 0.3) is 11.3 Å². The molecule has 8 heteroatoms. The number of pyridine rings is 1. The van der Waals surface area contributed by atoms with Crippen LogP contribution in [0.2, 0.25) is 0 Å². The molecular weight excluding hydrogens is 412 g/mol. The third-order valence-electron chi connectivity index (χ3n) is 5.78. The maximum atomic E-state index is 13.0. The number of nitrogens with zero attached hydrogens (tertiary/aromatic N) is 3. The van der Waals surface area contributed by atoms with Crippen molar-refractivity contribution in [2.75, 3.05) is 13.2 Å². The molecule has 1 saturated heterocycles. The van der Waals surface area contributed by atoms with Crippen LogP contribution in [0.1, 0.15) is 51.2 Å². The monoisotopic (exact) mass is 444 g/mol. The second-order valence-electron chi connectivity index (χ2n) is 8.46. The van der Waals surface area contributed by atoms with Crippen molar-refractivity contribution in [2.24, 2.45) is 5.92 Å². The Morgan fingerprint density at radius 3 is 2.81 bits per heavy atom. The lowest BCUT2D eigenvalue weighted by molar-refractivity contribution is -0.159. The summed E-state index contributed by atoms with van der Waals surface area (Å²) in [6.45, 7) is 10.9. The zero-order chi connectivity index (χ0) is 22.6. The average Bonchev–Trinajstić information content (AvgIpc) is 3.21. The Labute approximate surface area is 188 Å². The molecule has 1 fully saturated rings. The van der Waals surface area contributed by atoms with Crippen LogP contribution in [0.3, 0.4) is 0 Å². The summed E-state index contributed by atoms with van der Waals surface area (Å²) in [4.78, 5) is 36.6. The van der Waals surface area contributed by atoms with Crippen molar-refractivity contribution >= 4 is 23.2 Å². The second-order valence-corrected chi connectivity index (χ2v) is 9.41. The lowest BCUT2D eigenvalue weighted by Crippen LogP contribution is -2.56. The van der Waals surface area contributed by atoms with E-state index in [1.54, 1.807) is 18.7 Å². The zero-order valence-corrected chi connectivity index (χ0v) is 19.8. The minimum Gasteiger partial charge on any atom is -0.366 e. The standard InChI is InChI=1S/C23H32N4O3S/c1-6-30-23(4,5)22(29)27-11-7-8-18(16(27)3)21(28)25-13-20-26-19(14-31-20)17-10-9-15(2)24-12-17/h9-10,12,14,16,18H,6-8,11,13H2,1-5H3,(H,25,28)/t16-,18-/m0/s1. The number of hydrogen-bond donors (Lipinski definition) is 1. The first-order valence-electron chi connectivity index (χ1n) is 10.8. The topological polar surface area (TPSA) is 84.4 Å². The summed E-state index contributed by atoms with van der Waals surface area (Å²) in [7, 11) is 0. The van der Waals surface area contributed by atoms with Crippen molar-refractivity contribution < 1.29 is 14.3 Å². The predicted molar refractivity (Wildman–Crippen MR) is 122 cm³/mol. The van der Waals surface area contributed by atoms with Crippen molar-refractivity contribution in [1.29, 1.82) is 0 Å². The highest BCUT2D eigenvalue weighted by atomic mass is 32.1. The highest BCUT2D eigenvalue weighted by molar-refractivity contribution is 7.09. The number of carbonyl (C=O) groups is 2. The number of thiazole rings is 1. The average molecular weight is 445 g/mol. The molecule has 0 aromatic carbocycles. The number of amides is 2. The summed E-state index contributed by atoms with van der Waals surface area (Å²) in [6, 6.07) is 3.78. The van der Waals surface area contributed by atoms with Gasteiger partial charge in [0.1, 0.15) is 10.6 Å². The molecular formula is C23H32N4O3S. The summed E-state index contributed by atoms with van der Waals surface area (Å²) in [5.41, 5.74) is 1.91. The van der Waals surface area contributed by atoms with Crippen LogP contribution in [0.15, 0.2) is 23.7 Å². The molecule has 3 heterocycles. The van der Waals surface area contributed by atoms with Crippen LogP contribution in [0, 0.1) is 12.8 Å². The molecule has 0 unspecified atom stereocenters. The molecule has 2 aromatic heterocycles. The van der Waals surface area contributed by atoms with Gasteiger partial charge in [-0.3, -0.25) is 14.6 Å². The van der Waals surface area contributed by atoms with Gasteiger partial charge >= 0.3 is 0 Å². The van der Waals surface area contributed by atoms with Gasteiger partial charge in [-0.1, -0.05) is 0 Å². The highest BCUT2D eigenvalue weighted by Crippen LogP contribution is 2.27. The Balaban J connectivity index is 1.60. The Morgan fingerprint density at radius 2 is 2.13 bits per heavy atom. The van der Waals surface area contributed by atoms with Crippen molar-refractivity contribution in [2.45, 2.75) is 65.6 Å². The predicted octanol–water partition coefficient (Wildman–Crippen LogP) is 3.57. The van der Waals surface area contributed by atoms with Gasteiger partial charge in [-0.05, 0) is 59.6 Å². The summed E-state index contributed by atoms with van der Waals surface area (Å²) in [5, 5.41) is 5.85. The van der Waals surface area contributed by atoms with Gasteiger partial charge in [0.2, 0.25) is 5.91 Å². The van der Waals surface area contributed by atoms with E-state index in [2.05, 4.69) is 15.3 Å². The van der Waals surface area contributed by atoms with Crippen molar-refractivity contribution in [1.82, 2.24) is 20.2 Å². The van der Waals surface area contributed by atoms with Crippen LogP contribution in [0.4, 0.5) is 0 Å². The molecule has 1 aliphatic heterocycles. The molecule has 0 bridgehead atoms. The van der Waals surface area contributed by atoms with Crippen LogP contribution < -0.4 is 5.32 Å². The smallest absolute Gasteiger partial charge is 0.254 e. The van der Waals surface area contributed by atoms with Gasteiger partial charge in [0, 0.05) is 42.0 Å². The lowest BCUT2D eigenvalue weighted by Gasteiger charge is -2.42. The lowest BCUT2D eigenvalue weighted by atomic mass is 9.88. The van der Waals surface area contributed by atoms with E-state index in [0.29, 0.717) is 19.7 Å². The van der Waals surface area contributed by atoms with Gasteiger partial charge in [0.15, 0.2) is 0 Å². The van der Waals surface area contributed by atoms with Crippen LogP contribution in [-0.4, -0.2) is 51.5 Å². The molecule has 2 aromatic rings. The summed E-state index contributed by atoms with van der Waals surface area (Å²) < 4.78 is 5.64. The second kappa shape index (κ2) is 9.87. The molecule has 2 amide bonds. The summed E-state index contributed by atoms with van der Waals surface area (Å²) >= 11 is 1.52. The third-order valence-corrected chi connectivity index (χ3v) is 6.63. The van der Waals surface area contributed by atoms with Gasteiger partial charge in [0.05, 0.1) is 18.2 Å². The van der Waals surface area contributed by atoms with Gasteiger partial charge in [0.25, 0.3) is 5.91 Å². The summed E-state index contributed by atoms with van der Waals surface area (Å²) in [6.07, 6.45) is 3.38. The van der Waals surface area contributed by atoms with Gasteiger partial charge < -0.3 is 15.0 Å². The van der Waals surface area contributed by atoms with Crippen LogP contribution in [-0.2, 0) is 20.9 Å². The van der Waals surface area contributed by atoms with E-state index in [9.17, 15) is 9.59 Å². The largest absolute Gasteiger partial charge is 0.366 e. The maximum absolute atomic E-state index is 13.0. The van der Waals surface area contributed by atoms with Gasteiger partial charge in [-0.2, -0.15) is 0 Å². The van der Waals surface area contributed by atoms with E-state index in [-0.39, 0.29) is 23.8 Å². The van der Waals surface area contributed by atoms with Crippen molar-refractivity contribution in [3.8, 4) is 11.3 Å². The number of carbonyl (C=O) groups excluding carboxylic acids is 2. The van der Waals surface area contributed by atoms with Crippen LogP contribution in [0.5, 0.6) is 0 Å². The maximum Gasteiger partial charge on any atom is 0.254 e. The Kier molecular flexibility index (Phi) is 7.43. The number of rotatable bonds is 7. The fraction of sp³-hybridized carbons (Fsp3) is 0.565. The molecule has 0 aliphatic carbocycles. The highest BCUT2D eigenvalue weighted by Gasteiger charge is 2.40. The van der Waals surface area contributed by atoms with E-state index in [4.69, 9.17) is 4.74 Å². The first kappa shape index (κ1) is 23.3. The molecule has 7 nitrogen and oxygen atoms in total. The molecule has 0 saturated carbocycles. The Bertz CT molecular complexity index is 910. The molecule has 168 valence electrons. The van der Waals surface area contributed by atoms with E-state index >= 15 is 0 Å². The first-order chi connectivity index (χ1) is 14.7. The SMILES string of the molecule is CCOC(C)(C)C(=O)N1CCC[C@H](C(=O)NCc2nc(-c3ccc(C)nc3)cs2)[C@@H]1C.